The van der Waals surface area contributed by atoms with Gasteiger partial charge in [-0.25, -0.2) is 0 Å². The second kappa shape index (κ2) is 51.6. The van der Waals surface area contributed by atoms with Crippen molar-refractivity contribution in [3.63, 3.8) is 0 Å². The van der Waals surface area contributed by atoms with Gasteiger partial charge in [-0.1, -0.05) is 206 Å². The highest BCUT2D eigenvalue weighted by Gasteiger charge is 2.17. The molecule has 0 amide bonds. The summed E-state index contributed by atoms with van der Waals surface area (Å²) in [6, 6.07) is 0. The lowest BCUT2D eigenvalue weighted by Gasteiger charge is -2.18. The topological polar surface area (TPSA) is 61.8 Å². The Morgan fingerprint density at radius 1 is 0.387 bits per heavy atom. The molecule has 0 aliphatic heterocycles. The average molecular weight is 857 g/mol. The number of hydrogen-bond acceptors (Lipinski definition) is 5. The first-order valence-corrected chi connectivity index (χ1v) is 25.1. The Labute approximate surface area is 382 Å². The molecule has 0 aromatic heterocycles. The van der Waals surface area contributed by atoms with Crippen molar-refractivity contribution in [2.45, 2.75) is 207 Å². The van der Waals surface area contributed by atoms with E-state index in [1.807, 2.05) is 12.2 Å². The second-order valence-electron chi connectivity index (χ2n) is 16.0. The highest BCUT2D eigenvalue weighted by atomic mass is 16.6. The van der Waals surface area contributed by atoms with Crippen LogP contribution < -0.4 is 0 Å². The molecule has 0 N–H and O–H groups in total. The molecule has 0 saturated heterocycles. The number of esters is 2. The molecule has 0 aromatic carbocycles. The zero-order valence-corrected chi connectivity index (χ0v) is 40.1. The fourth-order valence-corrected chi connectivity index (χ4v) is 6.34. The van der Waals surface area contributed by atoms with E-state index >= 15 is 0 Å². The molecule has 62 heavy (non-hydrogen) atoms. The average Bonchev–Trinajstić information content (AvgIpc) is 3.27. The van der Waals surface area contributed by atoms with Gasteiger partial charge in [0.15, 0.2) is 6.10 Å². The molecule has 0 saturated carbocycles. The monoisotopic (exact) mass is 857 g/mol. The van der Waals surface area contributed by atoms with Crippen LogP contribution in [-0.2, 0) is 23.8 Å². The predicted molar refractivity (Wildman–Crippen MR) is 269 cm³/mol. The molecule has 0 bridgehead atoms. The summed E-state index contributed by atoms with van der Waals surface area (Å²) >= 11 is 0. The van der Waals surface area contributed by atoms with Crippen LogP contribution in [0, 0.1) is 0 Å². The van der Waals surface area contributed by atoms with Crippen LogP contribution in [0.4, 0.5) is 0 Å². The third-order valence-corrected chi connectivity index (χ3v) is 9.98. The number of carbonyl (C=O) groups is 2. The molecule has 350 valence electrons. The quantitative estimate of drug-likeness (QED) is 0.0347. The van der Waals surface area contributed by atoms with E-state index in [4.69, 9.17) is 14.2 Å². The smallest absolute Gasteiger partial charge is 0.309 e. The van der Waals surface area contributed by atoms with E-state index in [2.05, 4.69) is 130 Å². The minimum absolute atomic E-state index is 0.0149. The second-order valence-corrected chi connectivity index (χ2v) is 16.0. The molecule has 0 aromatic rings. The maximum absolute atomic E-state index is 12.8. The van der Waals surface area contributed by atoms with E-state index in [-0.39, 0.29) is 31.6 Å². The van der Waals surface area contributed by atoms with Gasteiger partial charge in [0.2, 0.25) is 0 Å². The molecular formula is C57H92O5. The van der Waals surface area contributed by atoms with Crippen LogP contribution in [0.2, 0.25) is 0 Å². The van der Waals surface area contributed by atoms with E-state index in [9.17, 15) is 9.59 Å². The van der Waals surface area contributed by atoms with Crippen molar-refractivity contribution in [3.05, 3.63) is 122 Å². The predicted octanol–water partition coefficient (Wildman–Crippen LogP) is 17.0. The van der Waals surface area contributed by atoms with Crippen molar-refractivity contribution >= 4 is 11.9 Å². The molecule has 1 unspecified atom stereocenters. The van der Waals surface area contributed by atoms with Crippen molar-refractivity contribution in [1.29, 1.82) is 0 Å². The Hall–Kier alpha value is -3.70. The van der Waals surface area contributed by atoms with Crippen molar-refractivity contribution in [2.24, 2.45) is 0 Å². The summed E-state index contributed by atoms with van der Waals surface area (Å²) in [6.45, 7) is 7.38. The first-order chi connectivity index (χ1) is 30.6. The van der Waals surface area contributed by atoms with Crippen molar-refractivity contribution < 1.29 is 23.8 Å². The lowest BCUT2D eigenvalue weighted by Crippen LogP contribution is -2.30. The molecule has 0 fully saturated rings. The molecule has 0 rings (SSSR count). The minimum Gasteiger partial charge on any atom is -0.461 e. The van der Waals surface area contributed by atoms with Gasteiger partial charge in [0.05, 0.1) is 13.0 Å². The van der Waals surface area contributed by atoms with Gasteiger partial charge < -0.3 is 14.2 Å². The summed E-state index contributed by atoms with van der Waals surface area (Å²) in [7, 11) is 0. The van der Waals surface area contributed by atoms with E-state index in [0.717, 1.165) is 103 Å². The van der Waals surface area contributed by atoms with Crippen LogP contribution in [0.15, 0.2) is 122 Å². The lowest BCUT2D eigenvalue weighted by atomic mass is 10.1. The van der Waals surface area contributed by atoms with E-state index in [1.54, 1.807) is 0 Å². The fourth-order valence-electron chi connectivity index (χ4n) is 6.34. The van der Waals surface area contributed by atoms with Gasteiger partial charge in [-0.15, -0.1) is 0 Å². The van der Waals surface area contributed by atoms with Crippen LogP contribution in [-0.4, -0.2) is 37.9 Å². The van der Waals surface area contributed by atoms with Crippen LogP contribution in [0.3, 0.4) is 0 Å². The normalized spacial score (nSPS) is 13.3. The zero-order valence-electron chi connectivity index (χ0n) is 40.1. The number of ether oxygens (including phenoxy) is 3. The summed E-state index contributed by atoms with van der Waals surface area (Å²) in [5.74, 6) is -0.573. The Morgan fingerprint density at radius 3 is 1.24 bits per heavy atom. The molecule has 0 aliphatic carbocycles. The van der Waals surface area contributed by atoms with Gasteiger partial charge in [-0.3, -0.25) is 9.59 Å². The van der Waals surface area contributed by atoms with E-state index in [0.29, 0.717) is 13.0 Å². The molecule has 0 heterocycles. The van der Waals surface area contributed by atoms with Crippen molar-refractivity contribution in [2.75, 3.05) is 19.8 Å². The van der Waals surface area contributed by atoms with Crippen LogP contribution >= 0.6 is 0 Å². The fraction of sp³-hybridized carbons (Fsp3) is 0.614. The van der Waals surface area contributed by atoms with Crippen molar-refractivity contribution in [3.8, 4) is 0 Å². The van der Waals surface area contributed by atoms with E-state index < -0.39 is 6.10 Å². The molecule has 0 spiro atoms. The summed E-state index contributed by atoms with van der Waals surface area (Å²) < 4.78 is 17.3. The van der Waals surface area contributed by atoms with Gasteiger partial charge in [-0.05, 0) is 103 Å². The maximum atomic E-state index is 12.8. The van der Waals surface area contributed by atoms with Crippen LogP contribution in [0.1, 0.15) is 201 Å². The molecule has 5 nitrogen and oxygen atoms in total. The summed E-state index contributed by atoms with van der Waals surface area (Å²) in [4.78, 5) is 25.3. The standard InChI is InChI=1S/C57H92O5/c1-4-7-10-13-16-19-22-25-27-28-29-31-34-37-40-43-46-49-52-60-53-55(62-57(59)51-48-45-42-39-36-32-24-21-18-15-12-9-6-3)54-61-56(58)50-47-44-41-38-35-33-30-26-23-20-17-14-11-8-5-2/h7-8,10-12,15-17,19-21,24-27,30,35,38,44,47,55H,4-6,9,13-14,18,22-23,28-29,31-34,36-37,39-43,45-46,48-54H2,1-3H3/b10-7-,11-8-,15-12-,19-16-,20-17-,24-21-,27-25-,30-26-,38-35-,47-44-. The highest BCUT2D eigenvalue weighted by molar-refractivity contribution is 5.71. The van der Waals surface area contributed by atoms with Crippen molar-refractivity contribution in [1.82, 2.24) is 0 Å². The number of carbonyl (C=O) groups excluding carboxylic acids is 2. The Kier molecular flexibility index (Phi) is 48.6. The first kappa shape index (κ1) is 58.3. The first-order valence-electron chi connectivity index (χ1n) is 25.1. The van der Waals surface area contributed by atoms with Crippen LogP contribution in [0.25, 0.3) is 0 Å². The number of unbranched alkanes of at least 4 members (excludes halogenated alkanes) is 14. The minimum atomic E-state index is -0.595. The zero-order chi connectivity index (χ0) is 44.9. The van der Waals surface area contributed by atoms with Crippen LogP contribution in [0.5, 0.6) is 0 Å². The van der Waals surface area contributed by atoms with Gasteiger partial charge in [-0.2, -0.15) is 0 Å². The van der Waals surface area contributed by atoms with Gasteiger partial charge in [0.25, 0.3) is 0 Å². The maximum Gasteiger partial charge on any atom is 0.309 e. The Balaban J connectivity index is 4.43. The largest absolute Gasteiger partial charge is 0.461 e. The third-order valence-electron chi connectivity index (χ3n) is 9.98. The summed E-state index contributed by atoms with van der Waals surface area (Å²) in [5.41, 5.74) is 0. The summed E-state index contributed by atoms with van der Waals surface area (Å²) in [6.07, 6.45) is 72.3. The Morgan fingerprint density at radius 2 is 0.774 bits per heavy atom. The molecule has 5 heteroatoms. The lowest BCUT2D eigenvalue weighted by molar-refractivity contribution is -0.162. The van der Waals surface area contributed by atoms with Gasteiger partial charge in [0.1, 0.15) is 6.61 Å². The molecule has 0 aliphatic rings. The molecule has 0 radical (unpaired) electrons. The Bertz CT molecular complexity index is 1290. The molecule has 1 atom stereocenters. The summed E-state index contributed by atoms with van der Waals surface area (Å²) in [5, 5.41) is 0. The van der Waals surface area contributed by atoms with E-state index in [1.165, 1.54) is 64.2 Å². The third kappa shape index (κ3) is 49.0. The highest BCUT2D eigenvalue weighted by Crippen LogP contribution is 2.12. The molecular weight excluding hydrogens is 765 g/mol. The van der Waals surface area contributed by atoms with Gasteiger partial charge >= 0.3 is 11.9 Å². The number of allylic oxidation sites excluding steroid dienone is 19. The number of hydrogen-bond donors (Lipinski definition) is 0. The SMILES string of the molecule is CC/C=C\C/C=C\C/C=C\C/C=C\C/C=C\CC(=O)OCC(COCCCCCCCCCC/C=C\C/C=C\C/C=C\CC)OC(=O)CCCCCCC/C=C\C/C=C\CCC. The van der Waals surface area contributed by atoms with Gasteiger partial charge in [0, 0.05) is 13.0 Å². The number of rotatable bonds is 44.